The summed E-state index contributed by atoms with van der Waals surface area (Å²) in [4.78, 5) is 1.60. The van der Waals surface area contributed by atoms with Crippen LogP contribution in [0.4, 0.5) is 13.2 Å². The van der Waals surface area contributed by atoms with Gasteiger partial charge in [-0.25, -0.2) is 13.2 Å². The second-order valence-electron chi connectivity index (χ2n) is 4.10. The van der Waals surface area contributed by atoms with Crippen LogP contribution in [-0.2, 0) is 0 Å². The third kappa shape index (κ3) is 3.36. The third-order valence-electron chi connectivity index (χ3n) is 2.93. The quantitative estimate of drug-likeness (QED) is 0.735. The van der Waals surface area contributed by atoms with Crippen molar-refractivity contribution < 1.29 is 13.2 Å². The van der Waals surface area contributed by atoms with Crippen molar-refractivity contribution >= 4 is 12.4 Å². The van der Waals surface area contributed by atoms with Crippen molar-refractivity contribution in [2.24, 2.45) is 0 Å². The lowest BCUT2D eigenvalue weighted by atomic mass is 10.1. The summed E-state index contributed by atoms with van der Waals surface area (Å²) in [6, 6.07) is 3.00. The molecule has 1 unspecified atom stereocenters. The van der Waals surface area contributed by atoms with Crippen LogP contribution in [0.1, 0.15) is 31.1 Å². The standard InChI is InChI=1S/C12H14F3N.ClH/c13-9-4-5-10(11(14)8-9)12(15)16-6-2-1-3-7-16;/h4-5,8,12H,1-3,6-7H2;1H. The monoisotopic (exact) mass is 265 g/mol. The molecule has 0 radical (unpaired) electrons. The van der Waals surface area contributed by atoms with Crippen molar-refractivity contribution in [2.75, 3.05) is 13.1 Å². The third-order valence-corrected chi connectivity index (χ3v) is 2.93. The van der Waals surface area contributed by atoms with Crippen LogP contribution in [0.5, 0.6) is 0 Å². The van der Waals surface area contributed by atoms with E-state index in [4.69, 9.17) is 0 Å². The van der Waals surface area contributed by atoms with E-state index in [9.17, 15) is 13.2 Å². The maximum absolute atomic E-state index is 14.0. The molecule has 5 heteroatoms. The smallest absolute Gasteiger partial charge is 0.182 e. The second-order valence-corrected chi connectivity index (χ2v) is 4.10. The van der Waals surface area contributed by atoms with E-state index in [1.54, 1.807) is 4.90 Å². The number of benzene rings is 1. The number of hydrogen-bond donors (Lipinski definition) is 0. The molecule has 1 aromatic carbocycles. The second kappa shape index (κ2) is 6.26. The highest BCUT2D eigenvalue weighted by Gasteiger charge is 2.24. The Labute approximate surface area is 105 Å². The Morgan fingerprint density at radius 1 is 1.06 bits per heavy atom. The van der Waals surface area contributed by atoms with Gasteiger partial charge < -0.3 is 0 Å². The minimum absolute atomic E-state index is 0. The number of nitrogens with zero attached hydrogens (tertiary/aromatic N) is 1. The van der Waals surface area contributed by atoms with Crippen molar-refractivity contribution in [3.05, 3.63) is 35.4 Å². The van der Waals surface area contributed by atoms with Gasteiger partial charge in [-0.1, -0.05) is 6.42 Å². The molecule has 1 atom stereocenters. The highest BCUT2D eigenvalue weighted by atomic mass is 35.5. The molecule has 0 saturated carbocycles. The number of alkyl halides is 1. The van der Waals surface area contributed by atoms with Crippen LogP contribution in [0, 0.1) is 11.6 Å². The molecule has 0 N–H and O–H groups in total. The predicted molar refractivity (Wildman–Crippen MR) is 62.9 cm³/mol. The molecule has 0 bridgehead atoms. The highest BCUT2D eigenvalue weighted by Crippen LogP contribution is 2.27. The van der Waals surface area contributed by atoms with Gasteiger partial charge in [-0.15, -0.1) is 12.4 Å². The Bertz CT molecular complexity index is 367. The Hall–Kier alpha value is -0.740. The Morgan fingerprint density at radius 2 is 1.71 bits per heavy atom. The van der Waals surface area contributed by atoms with Crippen molar-refractivity contribution in [1.29, 1.82) is 0 Å². The summed E-state index contributed by atoms with van der Waals surface area (Å²) in [5, 5.41) is 0. The molecule has 96 valence electrons. The van der Waals surface area contributed by atoms with Gasteiger partial charge in [0.1, 0.15) is 11.6 Å². The first kappa shape index (κ1) is 14.3. The lowest BCUT2D eigenvalue weighted by Crippen LogP contribution is -2.32. The fourth-order valence-electron chi connectivity index (χ4n) is 2.04. The minimum Gasteiger partial charge on any atom is -0.270 e. The number of halogens is 4. The van der Waals surface area contributed by atoms with Gasteiger partial charge in [-0.05, 0) is 25.0 Å². The lowest BCUT2D eigenvalue weighted by molar-refractivity contribution is 0.0606. The van der Waals surface area contributed by atoms with Crippen LogP contribution in [0.3, 0.4) is 0 Å². The number of hydrogen-bond acceptors (Lipinski definition) is 1. The largest absolute Gasteiger partial charge is 0.270 e. The summed E-state index contributed by atoms with van der Waals surface area (Å²) in [7, 11) is 0. The molecule has 1 aliphatic heterocycles. The van der Waals surface area contributed by atoms with Crippen molar-refractivity contribution in [1.82, 2.24) is 4.90 Å². The Kier molecular flexibility index (Phi) is 5.28. The fourth-order valence-corrected chi connectivity index (χ4v) is 2.04. The van der Waals surface area contributed by atoms with Crippen LogP contribution in [0.2, 0.25) is 0 Å². The fraction of sp³-hybridized carbons (Fsp3) is 0.500. The molecular formula is C12H15ClF3N. The topological polar surface area (TPSA) is 3.24 Å². The lowest BCUT2D eigenvalue weighted by Gasteiger charge is -2.29. The van der Waals surface area contributed by atoms with Crippen LogP contribution >= 0.6 is 12.4 Å². The van der Waals surface area contributed by atoms with Crippen LogP contribution in [-0.4, -0.2) is 18.0 Å². The van der Waals surface area contributed by atoms with Gasteiger partial charge in [0.25, 0.3) is 0 Å². The molecule has 1 aliphatic rings. The van der Waals surface area contributed by atoms with Gasteiger partial charge in [0.05, 0.1) is 0 Å². The molecule has 17 heavy (non-hydrogen) atoms. The van der Waals surface area contributed by atoms with Gasteiger partial charge >= 0.3 is 0 Å². The summed E-state index contributed by atoms with van der Waals surface area (Å²) < 4.78 is 40.0. The van der Waals surface area contributed by atoms with Crippen molar-refractivity contribution in [3.63, 3.8) is 0 Å². The minimum atomic E-state index is -1.46. The predicted octanol–water partition coefficient (Wildman–Crippen LogP) is 3.84. The van der Waals surface area contributed by atoms with Gasteiger partial charge in [0.2, 0.25) is 0 Å². The Morgan fingerprint density at radius 3 is 2.29 bits per heavy atom. The zero-order valence-electron chi connectivity index (χ0n) is 9.33. The number of likely N-dealkylation sites (tertiary alicyclic amines) is 1. The van der Waals surface area contributed by atoms with Gasteiger partial charge in [0, 0.05) is 24.7 Å². The Balaban J connectivity index is 0.00000144. The van der Waals surface area contributed by atoms with Crippen LogP contribution in [0.25, 0.3) is 0 Å². The summed E-state index contributed by atoms with van der Waals surface area (Å²) in [6.45, 7) is 1.27. The van der Waals surface area contributed by atoms with Crippen molar-refractivity contribution in [2.45, 2.75) is 25.6 Å². The average molecular weight is 266 g/mol. The molecule has 1 nitrogen and oxygen atoms in total. The van der Waals surface area contributed by atoms with Gasteiger partial charge in [-0.3, -0.25) is 4.90 Å². The molecule has 1 saturated heterocycles. The van der Waals surface area contributed by atoms with E-state index in [1.165, 1.54) is 6.07 Å². The van der Waals surface area contributed by atoms with Gasteiger partial charge in [0.15, 0.2) is 6.30 Å². The molecule has 2 rings (SSSR count). The van der Waals surface area contributed by atoms with Gasteiger partial charge in [-0.2, -0.15) is 0 Å². The first-order chi connectivity index (χ1) is 7.68. The first-order valence-electron chi connectivity index (χ1n) is 5.51. The number of piperidine rings is 1. The highest BCUT2D eigenvalue weighted by molar-refractivity contribution is 5.85. The number of rotatable bonds is 2. The summed E-state index contributed by atoms with van der Waals surface area (Å²) in [5.74, 6) is -1.48. The molecule has 1 fully saturated rings. The first-order valence-corrected chi connectivity index (χ1v) is 5.51. The van der Waals surface area contributed by atoms with E-state index in [-0.39, 0.29) is 18.0 Å². The summed E-state index contributed by atoms with van der Waals surface area (Å²) in [6.07, 6.45) is 1.50. The zero-order chi connectivity index (χ0) is 11.5. The molecular weight excluding hydrogens is 251 g/mol. The van der Waals surface area contributed by atoms with Crippen LogP contribution < -0.4 is 0 Å². The van der Waals surface area contributed by atoms with E-state index < -0.39 is 17.9 Å². The normalized spacial score (nSPS) is 18.5. The molecule has 1 aromatic rings. The molecule has 0 aromatic heterocycles. The molecule has 0 spiro atoms. The maximum atomic E-state index is 14.0. The molecule has 1 heterocycles. The van der Waals surface area contributed by atoms with E-state index in [2.05, 4.69) is 0 Å². The summed E-state index contributed by atoms with van der Waals surface area (Å²) in [5.41, 5.74) is -0.0664. The zero-order valence-corrected chi connectivity index (χ0v) is 10.2. The maximum Gasteiger partial charge on any atom is 0.182 e. The van der Waals surface area contributed by atoms with E-state index in [0.717, 1.165) is 31.4 Å². The average Bonchev–Trinajstić information content (AvgIpc) is 2.29. The SMILES string of the molecule is Cl.Fc1ccc(C(F)N2CCCCC2)c(F)c1. The summed E-state index contributed by atoms with van der Waals surface area (Å²) >= 11 is 0. The van der Waals surface area contributed by atoms with E-state index in [1.807, 2.05) is 0 Å². The molecule has 0 aliphatic carbocycles. The van der Waals surface area contributed by atoms with Crippen molar-refractivity contribution in [3.8, 4) is 0 Å². The van der Waals surface area contributed by atoms with E-state index in [0.29, 0.717) is 13.1 Å². The molecule has 0 amide bonds. The van der Waals surface area contributed by atoms with E-state index >= 15 is 0 Å². The van der Waals surface area contributed by atoms with Crippen LogP contribution in [0.15, 0.2) is 18.2 Å².